The quantitative estimate of drug-likeness (QED) is 0.923. The molecule has 0 radical (unpaired) electrons. The van der Waals surface area contributed by atoms with E-state index in [2.05, 4.69) is 22.0 Å². The Bertz CT molecular complexity index is 516. The molecule has 0 saturated heterocycles. The maximum absolute atomic E-state index is 6.14. The van der Waals surface area contributed by atoms with Gasteiger partial charge in [0.05, 0.1) is 6.04 Å². The molecule has 1 saturated carbocycles. The van der Waals surface area contributed by atoms with Crippen LogP contribution in [0.1, 0.15) is 31.1 Å². The van der Waals surface area contributed by atoms with Gasteiger partial charge in [-0.05, 0) is 30.5 Å². The average molecular weight is 280 g/mol. The molecule has 2 aromatic rings. The number of benzene rings is 1. The zero-order valence-corrected chi connectivity index (χ0v) is 10.5. The minimum atomic E-state index is 0.0480. The summed E-state index contributed by atoms with van der Waals surface area (Å²) in [6.07, 6.45) is 3.71. The molecule has 0 aliphatic heterocycles. The van der Waals surface area contributed by atoms with Crippen molar-refractivity contribution in [1.82, 2.24) is 0 Å². The molecule has 1 aromatic heterocycles. The lowest BCUT2D eigenvalue weighted by atomic mass is 10.1. The summed E-state index contributed by atoms with van der Waals surface area (Å²) in [4.78, 5) is 0. The third-order valence-corrected chi connectivity index (χ3v) is 3.87. The third-order valence-electron chi connectivity index (χ3n) is 3.18. The average Bonchev–Trinajstić information content (AvgIpc) is 2.95. The van der Waals surface area contributed by atoms with Crippen molar-refractivity contribution in [3.8, 4) is 0 Å². The van der Waals surface area contributed by atoms with Gasteiger partial charge in [-0.25, -0.2) is 0 Å². The van der Waals surface area contributed by atoms with Crippen molar-refractivity contribution in [2.45, 2.75) is 25.3 Å². The predicted molar refractivity (Wildman–Crippen MR) is 68.2 cm³/mol. The molecule has 3 heteroatoms. The topological polar surface area (TPSA) is 39.2 Å². The van der Waals surface area contributed by atoms with Gasteiger partial charge >= 0.3 is 0 Å². The first-order chi connectivity index (χ1) is 7.74. The van der Waals surface area contributed by atoms with E-state index in [0.29, 0.717) is 0 Å². The van der Waals surface area contributed by atoms with Gasteiger partial charge in [-0.1, -0.05) is 34.8 Å². The minimum absolute atomic E-state index is 0.0480. The monoisotopic (exact) mass is 279 g/mol. The van der Waals surface area contributed by atoms with E-state index >= 15 is 0 Å². The van der Waals surface area contributed by atoms with E-state index in [-0.39, 0.29) is 6.04 Å². The van der Waals surface area contributed by atoms with Crippen molar-refractivity contribution in [2.75, 3.05) is 0 Å². The van der Waals surface area contributed by atoms with Gasteiger partial charge in [0.2, 0.25) is 0 Å². The molecule has 0 unspecified atom stereocenters. The second-order valence-electron chi connectivity index (χ2n) is 4.59. The lowest BCUT2D eigenvalue weighted by Crippen LogP contribution is -2.09. The van der Waals surface area contributed by atoms with Crippen LogP contribution in [0.3, 0.4) is 0 Å². The van der Waals surface area contributed by atoms with Crippen molar-refractivity contribution in [1.29, 1.82) is 0 Å². The molecular weight excluding hydrogens is 266 g/mol. The van der Waals surface area contributed by atoms with Crippen molar-refractivity contribution < 1.29 is 4.42 Å². The van der Waals surface area contributed by atoms with Gasteiger partial charge in [-0.15, -0.1) is 0 Å². The zero-order valence-electron chi connectivity index (χ0n) is 8.95. The van der Waals surface area contributed by atoms with Gasteiger partial charge < -0.3 is 10.2 Å². The van der Waals surface area contributed by atoms with Crippen LogP contribution in [-0.4, -0.2) is 0 Å². The summed E-state index contributed by atoms with van der Waals surface area (Å²) in [7, 11) is 0. The molecule has 0 bridgehead atoms. The Labute approximate surface area is 103 Å². The largest absolute Gasteiger partial charge is 0.459 e. The van der Waals surface area contributed by atoms with Gasteiger partial charge in [-0.3, -0.25) is 0 Å². The molecule has 2 nitrogen and oxygen atoms in total. The number of nitrogens with two attached hydrogens (primary N) is 1. The standard InChI is InChI=1S/C13H14BrNO/c14-10-2-1-3-12-9(10)7-13(16-12)11(15)6-8-4-5-8/h1-3,7-8,11H,4-6,15H2/t11-/m0/s1. The highest BCUT2D eigenvalue weighted by Crippen LogP contribution is 2.38. The van der Waals surface area contributed by atoms with Gasteiger partial charge in [-0.2, -0.15) is 0 Å². The van der Waals surface area contributed by atoms with Crippen LogP contribution in [0.25, 0.3) is 11.0 Å². The van der Waals surface area contributed by atoms with Crippen LogP contribution >= 0.6 is 15.9 Å². The third kappa shape index (κ3) is 1.89. The van der Waals surface area contributed by atoms with Crippen LogP contribution in [0.5, 0.6) is 0 Å². The van der Waals surface area contributed by atoms with Crippen molar-refractivity contribution in [2.24, 2.45) is 11.7 Å². The summed E-state index contributed by atoms with van der Waals surface area (Å²) in [6.45, 7) is 0. The van der Waals surface area contributed by atoms with Crippen LogP contribution in [-0.2, 0) is 0 Å². The number of halogens is 1. The van der Waals surface area contributed by atoms with Crippen LogP contribution in [0.2, 0.25) is 0 Å². The van der Waals surface area contributed by atoms with E-state index < -0.39 is 0 Å². The molecule has 0 amide bonds. The first-order valence-electron chi connectivity index (χ1n) is 5.67. The van der Waals surface area contributed by atoms with Crippen LogP contribution < -0.4 is 5.73 Å². The summed E-state index contributed by atoms with van der Waals surface area (Å²) >= 11 is 3.52. The Balaban J connectivity index is 1.94. The van der Waals surface area contributed by atoms with Crippen molar-refractivity contribution in [3.63, 3.8) is 0 Å². The first-order valence-corrected chi connectivity index (χ1v) is 6.47. The SMILES string of the molecule is N[C@@H](CC1CC1)c1cc2c(Br)cccc2o1. The highest BCUT2D eigenvalue weighted by Gasteiger charge is 2.26. The fourth-order valence-corrected chi connectivity index (χ4v) is 2.52. The van der Waals surface area contributed by atoms with E-state index in [9.17, 15) is 0 Å². The van der Waals surface area contributed by atoms with Gasteiger partial charge in [0.25, 0.3) is 0 Å². The second kappa shape index (κ2) is 3.90. The van der Waals surface area contributed by atoms with E-state index in [1.54, 1.807) is 0 Å². The Morgan fingerprint density at radius 3 is 2.94 bits per heavy atom. The Kier molecular flexibility index (Phi) is 2.52. The van der Waals surface area contributed by atoms with Crippen LogP contribution in [0.4, 0.5) is 0 Å². The maximum Gasteiger partial charge on any atom is 0.135 e. The van der Waals surface area contributed by atoms with Gasteiger partial charge in [0.15, 0.2) is 0 Å². The Morgan fingerprint density at radius 1 is 1.44 bits per heavy atom. The number of hydrogen-bond donors (Lipinski definition) is 1. The maximum atomic E-state index is 6.14. The molecule has 2 N–H and O–H groups in total. The Hall–Kier alpha value is -0.800. The lowest BCUT2D eigenvalue weighted by Gasteiger charge is -2.06. The first kappa shape index (κ1) is 10.4. The highest BCUT2D eigenvalue weighted by molar-refractivity contribution is 9.10. The number of furan rings is 1. The number of hydrogen-bond acceptors (Lipinski definition) is 2. The summed E-state index contributed by atoms with van der Waals surface area (Å²) in [5, 5.41) is 1.11. The minimum Gasteiger partial charge on any atom is -0.459 e. The summed E-state index contributed by atoms with van der Waals surface area (Å²) in [5.74, 6) is 1.74. The van der Waals surface area contributed by atoms with E-state index in [0.717, 1.165) is 33.5 Å². The van der Waals surface area contributed by atoms with E-state index in [1.807, 2.05) is 18.2 Å². The molecule has 3 rings (SSSR count). The normalized spacial score (nSPS) is 17.9. The highest BCUT2D eigenvalue weighted by atomic mass is 79.9. The molecule has 84 valence electrons. The summed E-state index contributed by atoms with van der Waals surface area (Å²) in [6, 6.07) is 8.09. The number of rotatable bonds is 3. The van der Waals surface area contributed by atoms with Crippen LogP contribution in [0, 0.1) is 5.92 Å². The smallest absolute Gasteiger partial charge is 0.135 e. The molecule has 1 fully saturated rings. The zero-order chi connectivity index (χ0) is 11.1. The fourth-order valence-electron chi connectivity index (χ4n) is 2.06. The molecule has 1 aromatic carbocycles. The Morgan fingerprint density at radius 2 is 2.25 bits per heavy atom. The van der Waals surface area contributed by atoms with Crippen molar-refractivity contribution in [3.05, 3.63) is 34.5 Å². The van der Waals surface area contributed by atoms with E-state index in [1.165, 1.54) is 12.8 Å². The van der Waals surface area contributed by atoms with Gasteiger partial charge in [0.1, 0.15) is 11.3 Å². The van der Waals surface area contributed by atoms with Gasteiger partial charge in [0, 0.05) is 9.86 Å². The molecule has 1 atom stereocenters. The van der Waals surface area contributed by atoms with Crippen LogP contribution in [0.15, 0.2) is 33.2 Å². The molecule has 1 aliphatic rings. The summed E-state index contributed by atoms with van der Waals surface area (Å²) < 4.78 is 6.85. The second-order valence-corrected chi connectivity index (χ2v) is 5.44. The molecule has 0 spiro atoms. The molecule has 16 heavy (non-hydrogen) atoms. The lowest BCUT2D eigenvalue weighted by molar-refractivity contribution is 0.463. The predicted octanol–water partition coefficient (Wildman–Crippen LogP) is 4.00. The van der Waals surface area contributed by atoms with Crippen molar-refractivity contribution >= 4 is 26.9 Å². The molecule has 1 aliphatic carbocycles. The molecular formula is C13H14BrNO. The fraction of sp³-hybridized carbons (Fsp3) is 0.385. The molecule has 1 heterocycles. The van der Waals surface area contributed by atoms with E-state index in [4.69, 9.17) is 10.2 Å². The summed E-state index contributed by atoms with van der Waals surface area (Å²) in [5.41, 5.74) is 7.05. The number of fused-ring (bicyclic) bond motifs is 1.